The molecule has 0 saturated carbocycles. The van der Waals surface area contributed by atoms with Gasteiger partial charge in [0.25, 0.3) is 0 Å². The van der Waals surface area contributed by atoms with Gasteiger partial charge < -0.3 is 4.74 Å². The first kappa shape index (κ1) is 28.8. The molecule has 0 aliphatic carbocycles. The van der Waals surface area contributed by atoms with Crippen molar-refractivity contribution in [2.75, 3.05) is 13.2 Å². The van der Waals surface area contributed by atoms with E-state index in [2.05, 4.69) is 25.5 Å². The van der Waals surface area contributed by atoms with Crippen molar-refractivity contribution in [1.82, 2.24) is 0 Å². The highest BCUT2D eigenvalue weighted by molar-refractivity contribution is 7.79. The molecule has 5 nitrogen and oxygen atoms in total. The molecule has 2 N–H and O–H groups in total. The minimum absolute atomic E-state index is 0.811. The third-order valence-electron chi connectivity index (χ3n) is 4.08. The van der Waals surface area contributed by atoms with Crippen LogP contribution < -0.4 is 0 Å². The van der Waals surface area contributed by atoms with Crippen LogP contribution in [0.1, 0.15) is 104 Å². The molecule has 0 unspecified atom stereocenters. The molecule has 0 spiro atoms. The van der Waals surface area contributed by atoms with Gasteiger partial charge >= 0.3 is 10.4 Å². The van der Waals surface area contributed by atoms with Crippen LogP contribution in [0, 0.1) is 6.42 Å². The molecule has 1 radical (unpaired) electrons. The number of ether oxygens (including phenoxy) is 1. The largest absolute Gasteiger partial charge is 0.394 e. The highest BCUT2D eigenvalue weighted by Gasteiger charge is 1.92. The second kappa shape index (κ2) is 23.6. The lowest BCUT2D eigenvalue weighted by molar-refractivity contribution is 0.149. The molecule has 0 rings (SSSR count). The molecule has 6 heteroatoms. The summed E-state index contributed by atoms with van der Waals surface area (Å²) in [5.41, 5.74) is 0. The Morgan fingerprint density at radius 3 is 1.59 bits per heavy atom. The van der Waals surface area contributed by atoms with E-state index in [0.29, 0.717) is 0 Å². The van der Waals surface area contributed by atoms with Gasteiger partial charge in [0, 0.05) is 13.2 Å². The van der Waals surface area contributed by atoms with Crippen molar-refractivity contribution in [3.8, 4) is 0 Å². The minimum Gasteiger partial charge on any atom is -0.381 e. The quantitative estimate of drug-likeness (QED) is 0.152. The van der Waals surface area contributed by atoms with Crippen molar-refractivity contribution in [3.05, 3.63) is 18.6 Å². The van der Waals surface area contributed by atoms with Gasteiger partial charge in [-0.15, -0.1) is 0 Å². The van der Waals surface area contributed by atoms with E-state index < -0.39 is 10.4 Å². The molecule has 0 heterocycles. The number of hydrogen-bond donors (Lipinski definition) is 2. The summed E-state index contributed by atoms with van der Waals surface area (Å²) in [6.45, 7) is 6.07. The van der Waals surface area contributed by atoms with Crippen molar-refractivity contribution in [1.29, 1.82) is 0 Å². The smallest absolute Gasteiger partial charge is 0.381 e. The molecule has 163 valence electrons. The zero-order chi connectivity index (χ0) is 20.6. The van der Waals surface area contributed by atoms with Gasteiger partial charge in [-0.2, -0.15) is 8.42 Å². The van der Waals surface area contributed by atoms with E-state index in [9.17, 15) is 0 Å². The summed E-state index contributed by atoms with van der Waals surface area (Å²) in [7, 11) is -4.67. The van der Waals surface area contributed by atoms with Crippen LogP contribution in [0.25, 0.3) is 0 Å². The minimum atomic E-state index is -4.67. The van der Waals surface area contributed by atoms with Crippen LogP contribution in [0.3, 0.4) is 0 Å². The van der Waals surface area contributed by atoms with Crippen LogP contribution >= 0.6 is 0 Å². The zero-order valence-corrected chi connectivity index (χ0v) is 18.4. The van der Waals surface area contributed by atoms with Crippen molar-refractivity contribution < 1.29 is 22.3 Å². The van der Waals surface area contributed by atoms with Gasteiger partial charge in [-0.05, 0) is 38.5 Å². The molecule has 0 aliphatic rings. The Labute approximate surface area is 168 Å². The van der Waals surface area contributed by atoms with Crippen LogP contribution in [0.2, 0.25) is 0 Å². The number of hydrogen-bond acceptors (Lipinski definition) is 3. The van der Waals surface area contributed by atoms with E-state index >= 15 is 0 Å². The van der Waals surface area contributed by atoms with Gasteiger partial charge in [0.05, 0.1) is 0 Å². The molecule has 0 atom stereocenters. The molecule has 0 aromatic heterocycles. The van der Waals surface area contributed by atoms with E-state index in [1.165, 1.54) is 89.9 Å². The summed E-state index contributed by atoms with van der Waals surface area (Å²) < 4.78 is 37.0. The lowest BCUT2D eigenvalue weighted by Gasteiger charge is -2.02. The fourth-order valence-electron chi connectivity index (χ4n) is 2.65. The Bertz CT molecular complexity index is 385. The normalized spacial score (nSPS) is 11.6. The maximum absolute atomic E-state index is 8.74. The third kappa shape index (κ3) is 41.2. The Hall–Kier alpha value is -0.430. The lowest BCUT2D eigenvalue weighted by atomic mass is 10.1. The molecule has 0 aromatic carbocycles. The second-order valence-corrected chi connectivity index (χ2v) is 7.76. The Morgan fingerprint density at radius 1 is 0.741 bits per heavy atom. The Morgan fingerprint density at radius 2 is 1.15 bits per heavy atom. The van der Waals surface area contributed by atoms with Crippen molar-refractivity contribution in [2.24, 2.45) is 0 Å². The zero-order valence-electron chi connectivity index (χ0n) is 17.6. The van der Waals surface area contributed by atoms with E-state index in [0.717, 1.165) is 13.2 Å². The maximum atomic E-state index is 8.74. The summed E-state index contributed by atoms with van der Waals surface area (Å²) in [6.07, 6.45) is 26.0. The first-order chi connectivity index (χ1) is 12.9. The van der Waals surface area contributed by atoms with Gasteiger partial charge in [-0.25, -0.2) is 0 Å². The molecular formula is C21H43O5S. The van der Waals surface area contributed by atoms with Crippen LogP contribution in [0.15, 0.2) is 12.2 Å². The van der Waals surface area contributed by atoms with Crippen molar-refractivity contribution >= 4 is 10.4 Å². The number of rotatable bonds is 18. The molecule has 0 bridgehead atoms. The third-order valence-corrected chi connectivity index (χ3v) is 4.08. The highest BCUT2D eigenvalue weighted by atomic mass is 32.3. The maximum Gasteiger partial charge on any atom is 0.394 e. The van der Waals surface area contributed by atoms with E-state index in [1.807, 2.05) is 6.92 Å². The van der Waals surface area contributed by atoms with Gasteiger partial charge in [0.15, 0.2) is 0 Å². The summed E-state index contributed by atoms with van der Waals surface area (Å²) in [6, 6.07) is 0. The van der Waals surface area contributed by atoms with Gasteiger partial charge in [0.2, 0.25) is 0 Å². The van der Waals surface area contributed by atoms with Crippen LogP contribution in [-0.4, -0.2) is 30.7 Å². The van der Waals surface area contributed by atoms with Gasteiger partial charge in [0.1, 0.15) is 0 Å². The van der Waals surface area contributed by atoms with E-state index in [1.54, 1.807) is 0 Å². The Balaban J connectivity index is 0. The highest BCUT2D eigenvalue weighted by Crippen LogP contribution is 2.09. The van der Waals surface area contributed by atoms with E-state index in [4.69, 9.17) is 22.3 Å². The molecule has 0 fully saturated rings. The molecule has 0 saturated heterocycles. The molecule has 0 amide bonds. The standard InChI is InChI=1S/C21H41O.H2O4S/c1-3-5-6-7-8-9-10-11-12-13-14-15-16-17-18-19-21-22-20-4-2;1-5(2,3)4/h4,11-12H,3,5-10,13-21H2,1-2H3;(H2,1,2,3,4)/b12-11-;. The van der Waals surface area contributed by atoms with Crippen LogP contribution in [0.5, 0.6) is 0 Å². The fraction of sp³-hybridized carbons (Fsp3) is 0.857. The van der Waals surface area contributed by atoms with Crippen LogP contribution in [0.4, 0.5) is 0 Å². The summed E-state index contributed by atoms with van der Waals surface area (Å²) in [4.78, 5) is 0. The fourth-order valence-corrected chi connectivity index (χ4v) is 2.65. The van der Waals surface area contributed by atoms with E-state index in [-0.39, 0.29) is 0 Å². The molecule has 27 heavy (non-hydrogen) atoms. The average molecular weight is 408 g/mol. The summed E-state index contributed by atoms with van der Waals surface area (Å²) in [5.74, 6) is 0. The predicted molar refractivity (Wildman–Crippen MR) is 114 cm³/mol. The first-order valence-electron chi connectivity index (χ1n) is 10.6. The number of unbranched alkanes of at least 4 members (excludes halogenated alkanes) is 12. The lowest BCUT2D eigenvalue weighted by Crippen LogP contribution is -1.95. The monoisotopic (exact) mass is 407 g/mol. The van der Waals surface area contributed by atoms with Crippen molar-refractivity contribution in [2.45, 2.75) is 104 Å². The van der Waals surface area contributed by atoms with Crippen molar-refractivity contribution in [3.63, 3.8) is 0 Å². The van der Waals surface area contributed by atoms with Gasteiger partial charge in [-0.3, -0.25) is 9.11 Å². The first-order valence-corrected chi connectivity index (χ1v) is 12.0. The molecular weight excluding hydrogens is 364 g/mol. The second-order valence-electron chi connectivity index (χ2n) is 6.87. The summed E-state index contributed by atoms with van der Waals surface area (Å²) >= 11 is 0. The van der Waals surface area contributed by atoms with Crippen LogP contribution in [-0.2, 0) is 15.1 Å². The molecule has 0 aromatic rings. The topological polar surface area (TPSA) is 83.8 Å². The molecule has 0 aliphatic heterocycles. The SMILES string of the molecule is C[CH]COCCCCCCCC/C=C\CCCCCCCC.O=S(=O)(O)O. The Kier molecular flexibility index (Phi) is 25.2. The predicted octanol–water partition coefficient (Wildman–Crippen LogP) is 6.61. The average Bonchev–Trinajstić information content (AvgIpc) is 2.59. The van der Waals surface area contributed by atoms with Gasteiger partial charge in [-0.1, -0.05) is 83.8 Å². The number of allylic oxidation sites excluding steroid dienone is 2. The summed E-state index contributed by atoms with van der Waals surface area (Å²) in [5, 5.41) is 0.